The van der Waals surface area contributed by atoms with Crippen molar-refractivity contribution in [2.75, 3.05) is 11.5 Å². The van der Waals surface area contributed by atoms with Crippen molar-refractivity contribution in [3.05, 3.63) is 107 Å². The predicted molar refractivity (Wildman–Crippen MR) is 150 cm³/mol. The Labute approximate surface area is 218 Å². The van der Waals surface area contributed by atoms with Gasteiger partial charge in [0, 0.05) is 23.3 Å². The average Bonchev–Trinajstić information content (AvgIpc) is 3.36. The molecule has 1 aliphatic rings. The summed E-state index contributed by atoms with van der Waals surface area (Å²) >= 11 is 5.93. The minimum Gasteiger partial charge on any atom is -0.494 e. The van der Waals surface area contributed by atoms with Crippen LogP contribution in [0.3, 0.4) is 0 Å². The van der Waals surface area contributed by atoms with Crippen molar-refractivity contribution < 1.29 is 4.74 Å². The zero-order chi connectivity index (χ0) is 25.4. The van der Waals surface area contributed by atoms with Crippen LogP contribution >= 0.6 is 12.2 Å². The first-order valence-electron chi connectivity index (χ1n) is 12.4. The maximum Gasteiger partial charge on any atom is 0.174 e. The number of nitrogens with one attached hydrogen (secondary N) is 1. The van der Waals surface area contributed by atoms with Crippen LogP contribution in [0.2, 0.25) is 0 Å². The van der Waals surface area contributed by atoms with Gasteiger partial charge >= 0.3 is 0 Å². The normalized spacial score (nSPS) is 17.4. The second-order valence-corrected chi connectivity index (χ2v) is 9.71. The average molecular weight is 497 g/mol. The van der Waals surface area contributed by atoms with E-state index in [1.807, 2.05) is 37.4 Å². The molecule has 36 heavy (non-hydrogen) atoms. The number of aryl methyl sites for hydroxylation is 3. The Morgan fingerprint density at radius 3 is 2.31 bits per heavy atom. The van der Waals surface area contributed by atoms with Crippen molar-refractivity contribution in [2.24, 2.45) is 0 Å². The molecule has 2 aromatic carbocycles. The molecule has 4 aromatic rings. The number of nitrogens with zero attached hydrogens (tertiary/aromatic N) is 3. The highest BCUT2D eigenvalue weighted by Crippen LogP contribution is 2.44. The summed E-state index contributed by atoms with van der Waals surface area (Å²) in [4.78, 5) is 6.93. The van der Waals surface area contributed by atoms with Crippen LogP contribution in [-0.4, -0.2) is 21.3 Å². The van der Waals surface area contributed by atoms with E-state index in [4.69, 9.17) is 21.9 Å². The SMILES string of the molecule is CCOc1ccc(N2C(=S)N[C@@H](c3ccccn3)[C@H]2c2cc(C)n(-c3c(C)cccc3C)c2C)cc1. The summed E-state index contributed by atoms with van der Waals surface area (Å²) in [5, 5.41) is 4.27. The van der Waals surface area contributed by atoms with Gasteiger partial charge in [-0.05, 0) is 106 Å². The Bertz CT molecular complexity index is 1370. The molecule has 0 amide bonds. The van der Waals surface area contributed by atoms with E-state index in [1.54, 1.807) is 0 Å². The van der Waals surface area contributed by atoms with E-state index in [2.05, 4.69) is 84.9 Å². The Kier molecular flexibility index (Phi) is 6.54. The molecule has 5 rings (SSSR count). The third kappa shape index (κ3) is 4.16. The van der Waals surface area contributed by atoms with Gasteiger partial charge in [-0.2, -0.15) is 0 Å². The molecule has 2 aromatic heterocycles. The van der Waals surface area contributed by atoms with Gasteiger partial charge in [0.25, 0.3) is 0 Å². The molecule has 1 fully saturated rings. The van der Waals surface area contributed by atoms with Crippen LogP contribution < -0.4 is 15.0 Å². The van der Waals surface area contributed by atoms with Crippen LogP contribution in [0.25, 0.3) is 5.69 Å². The molecule has 1 N–H and O–H groups in total. The number of hydrogen-bond acceptors (Lipinski definition) is 3. The van der Waals surface area contributed by atoms with Crippen molar-refractivity contribution in [1.82, 2.24) is 14.9 Å². The predicted octanol–water partition coefficient (Wildman–Crippen LogP) is 6.68. The van der Waals surface area contributed by atoms with E-state index < -0.39 is 0 Å². The van der Waals surface area contributed by atoms with Gasteiger partial charge in [0.1, 0.15) is 5.75 Å². The Balaban J connectivity index is 1.67. The van der Waals surface area contributed by atoms with Crippen molar-refractivity contribution in [1.29, 1.82) is 0 Å². The number of ether oxygens (including phenoxy) is 1. The number of thiocarbonyl (C=S) groups is 1. The topological polar surface area (TPSA) is 42.3 Å². The van der Waals surface area contributed by atoms with E-state index in [9.17, 15) is 0 Å². The molecule has 0 radical (unpaired) electrons. The van der Waals surface area contributed by atoms with Gasteiger partial charge in [-0.3, -0.25) is 4.98 Å². The fourth-order valence-corrected chi connectivity index (χ4v) is 5.75. The Morgan fingerprint density at radius 1 is 0.944 bits per heavy atom. The maximum absolute atomic E-state index is 5.93. The highest BCUT2D eigenvalue weighted by molar-refractivity contribution is 7.80. The van der Waals surface area contributed by atoms with Gasteiger partial charge in [-0.25, -0.2) is 0 Å². The van der Waals surface area contributed by atoms with Crippen molar-refractivity contribution in [3.8, 4) is 11.4 Å². The molecule has 6 heteroatoms. The standard InChI is InChI=1S/C30H32N4OS/c1-6-35-24-15-13-23(14-16-24)34-29(27(32-30(34)36)26-12-7-8-17-31-26)25-18-21(4)33(22(25)5)28-19(2)10-9-11-20(28)3/h7-18,27,29H,6H2,1-5H3,(H,32,36)/t27-,29+/m0/s1. The zero-order valence-corrected chi connectivity index (χ0v) is 22.3. The van der Waals surface area contributed by atoms with Crippen LogP contribution in [0.5, 0.6) is 5.75 Å². The van der Waals surface area contributed by atoms with Crippen LogP contribution in [-0.2, 0) is 0 Å². The Hall–Kier alpha value is -3.64. The summed E-state index contributed by atoms with van der Waals surface area (Å²) in [7, 11) is 0. The number of para-hydroxylation sites is 1. The second kappa shape index (κ2) is 9.78. The highest BCUT2D eigenvalue weighted by atomic mass is 32.1. The molecule has 0 bridgehead atoms. The molecule has 0 unspecified atom stereocenters. The summed E-state index contributed by atoms with van der Waals surface area (Å²) in [6, 6.07) is 22.9. The largest absolute Gasteiger partial charge is 0.494 e. The van der Waals surface area contributed by atoms with Gasteiger partial charge < -0.3 is 19.5 Å². The van der Waals surface area contributed by atoms with Crippen molar-refractivity contribution in [2.45, 2.75) is 46.7 Å². The number of pyridine rings is 1. The molecule has 0 aliphatic carbocycles. The number of rotatable bonds is 6. The maximum atomic E-state index is 5.93. The zero-order valence-electron chi connectivity index (χ0n) is 21.4. The minimum atomic E-state index is -0.0859. The molecule has 3 heterocycles. The highest BCUT2D eigenvalue weighted by Gasteiger charge is 2.42. The molecule has 1 aliphatic heterocycles. The van der Waals surface area contributed by atoms with Gasteiger partial charge in [-0.15, -0.1) is 0 Å². The van der Waals surface area contributed by atoms with E-state index in [1.165, 1.54) is 33.8 Å². The molecule has 1 saturated heterocycles. The lowest BCUT2D eigenvalue weighted by Gasteiger charge is -2.28. The first-order valence-corrected chi connectivity index (χ1v) is 12.8. The smallest absolute Gasteiger partial charge is 0.174 e. The molecule has 0 saturated carbocycles. The van der Waals surface area contributed by atoms with Gasteiger partial charge in [0.15, 0.2) is 5.11 Å². The van der Waals surface area contributed by atoms with Gasteiger partial charge in [0.2, 0.25) is 0 Å². The molecule has 5 nitrogen and oxygen atoms in total. The summed E-state index contributed by atoms with van der Waals surface area (Å²) in [6.07, 6.45) is 1.84. The first-order chi connectivity index (χ1) is 17.4. The fraction of sp³-hybridized carbons (Fsp3) is 0.267. The quantitative estimate of drug-likeness (QED) is 0.302. The number of hydrogen-bond donors (Lipinski definition) is 1. The molecular formula is C30H32N4OS. The summed E-state index contributed by atoms with van der Waals surface area (Å²) in [6.45, 7) is 11.4. The summed E-state index contributed by atoms with van der Waals surface area (Å²) < 4.78 is 8.06. The lowest BCUT2D eigenvalue weighted by molar-refractivity contribution is 0.340. The van der Waals surface area contributed by atoms with Crippen LogP contribution in [0.1, 0.15) is 52.8 Å². The van der Waals surface area contributed by atoms with Crippen LogP contribution in [0.4, 0.5) is 5.69 Å². The van der Waals surface area contributed by atoms with Crippen LogP contribution in [0.15, 0.2) is 72.9 Å². The molecular weight excluding hydrogens is 464 g/mol. The number of aromatic nitrogens is 2. The van der Waals surface area contributed by atoms with Crippen LogP contribution in [0, 0.1) is 27.7 Å². The second-order valence-electron chi connectivity index (χ2n) is 9.33. The summed E-state index contributed by atoms with van der Waals surface area (Å²) in [5.74, 6) is 0.852. The number of benzene rings is 2. The van der Waals surface area contributed by atoms with Crippen molar-refractivity contribution in [3.63, 3.8) is 0 Å². The summed E-state index contributed by atoms with van der Waals surface area (Å²) in [5.41, 5.74) is 9.39. The van der Waals surface area contributed by atoms with E-state index >= 15 is 0 Å². The third-order valence-electron chi connectivity index (χ3n) is 6.98. The van der Waals surface area contributed by atoms with Gasteiger partial charge in [-0.1, -0.05) is 24.3 Å². The van der Waals surface area contributed by atoms with E-state index in [-0.39, 0.29) is 12.1 Å². The molecule has 2 atom stereocenters. The lowest BCUT2D eigenvalue weighted by atomic mass is 9.96. The van der Waals surface area contributed by atoms with E-state index in [0.29, 0.717) is 11.7 Å². The first kappa shape index (κ1) is 24.1. The molecule has 0 spiro atoms. The van der Waals surface area contributed by atoms with E-state index in [0.717, 1.165) is 17.1 Å². The molecule has 184 valence electrons. The number of anilines is 1. The van der Waals surface area contributed by atoms with Gasteiger partial charge in [0.05, 0.1) is 30.1 Å². The minimum absolute atomic E-state index is 0.0605. The Morgan fingerprint density at radius 2 is 1.67 bits per heavy atom. The van der Waals surface area contributed by atoms with Crippen molar-refractivity contribution >= 4 is 23.0 Å². The third-order valence-corrected chi connectivity index (χ3v) is 7.29. The fourth-order valence-electron chi connectivity index (χ4n) is 5.41. The monoisotopic (exact) mass is 496 g/mol. The lowest BCUT2D eigenvalue weighted by Crippen LogP contribution is -2.29.